The van der Waals surface area contributed by atoms with Crippen molar-refractivity contribution in [1.29, 1.82) is 0 Å². The van der Waals surface area contributed by atoms with Gasteiger partial charge in [0.2, 0.25) is 0 Å². The Labute approximate surface area is 172 Å². The van der Waals surface area contributed by atoms with Crippen molar-refractivity contribution in [2.24, 2.45) is 5.92 Å². The van der Waals surface area contributed by atoms with Gasteiger partial charge in [-0.3, -0.25) is 20.2 Å². The van der Waals surface area contributed by atoms with Gasteiger partial charge in [0.05, 0.1) is 6.17 Å². The number of hydrogen-bond acceptors (Lipinski definition) is 6. The Morgan fingerprint density at radius 2 is 1.97 bits per heavy atom. The number of hydrogen-bond donors (Lipinski definition) is 3. The Morgan fingerprint density at radius 1 is 1.21 bits per heavy atom. The van der Waals surface area contributed by atoms with Crippen LogP contribution in [0.1, 0.15) is 38.2 Å². The van der Waals surface area contributed by atoms with Crippen LogP contribution in [0.15, 0.2) is 30.3 Å². The second-order valence-corrected chi connectivity index (χ2v) is 8.01. The van der Waals surface area contributed by atoms with Gasteiger partial charge in [-0.05, 0) is 56.9 Å². The molecule has 29 heavy (non-hydrogen) atoms. The molecule has 0 radical (unpaired) electrons. The highest BCUT2D eigenvalue weighted by molar-refractivity contribution is 5.91. The van der Waals surface area contributed by atoms with E-state index in [0.717, 1.165) is 69.4 Å². The summed E-state index contributed by atoms with van der Waals surface area (Å²) in [4.78, 5) is 27.2. The number of rotatable bonds is 7. The van der Waals surface area contributed by atoms with Crippen molar-refractivity contribution in [1.82, 2.24) is 15.7 Å². The summed E-state index contributed by atoms with van der Waals surface area (Å²) in [5.41, 5.74) is 3.69. The van der Waals surface area contributed by atoms with E-state index >= 15 is 0 Å². The third kappa shape index (κ3) is 5.88. The van der Waals surface area contributed by atoms with Gasteiger partial charge < -0.3 is 9.69 Å². The van der Waals surface area contributed by atoms with E-state index in [9.17, 15) is 9.59 Å². The zero-order valence-corrected chi connectivity index (χ0v) is 17.1. The van der Waals surface area contributed by atoms with Crippen LogP contribution in [0, 0.1) is 5.92 Å². The summed E-state index contributed by atoms with van der Waals surface area (Å²) in [6.45, 7) is 6.00. The lowest BCUT2D eigenvalue weighted by Crippen LogP contribution is -2.53. The van der Waals surface area contributed by atoms with Crippen LogP contribution in [-0.2, 0) is 9.59 Å². The number of nitrogens with zero attached hydrogens (tertiary/aromatic N) is 2. The molecule has 7 heteroatoms. The molecule has 2 aliphatic heterocycles. The number of likely N-dealkylation sites (tertiary alicyclic amines) is 1. The number of amides is 1. The predicted octanol–water partition coefficient (Wildman–Crippen LogP) is 2.02. The van der Waals surface area contributed by atoms with Crippen molar-refractivity contribution in [2.45, 2.75) is 44.8 Å². The third-order valence-corrected chi connectivity index (χ3v) is 6.00. The Hall–Kier alpha value is -2.22. The Balaban J connectivity index is 1.54. The maximum absolute atomic E-state index is 11.3. The predicted molar refractivity (Wildman–Crippen MR) is 114 cm³/mol. The highest BCUT2D eigenvalue weighted by atomic mass is 16.5. The van der Waals surface area contributed by atoms with Crippen molar-refractivity contribution in [2.75, 3.05) is 31.1 Å². The van der Waals surface area contributed by atoms with Crippen LogP contribution in [0.5, 0.6) is 0 Å². The molecule has 0 aliphatic carbocycles. The fourth-order valence-corrected chi connectivity index (χ4v) is 4.36. The second-order valence-electron chi connectivity index (χ2n) is 8.01. The third-order valence-electron chi connectivity index (χ3n) is 6.00. The molecule has 3 rings (SSSR count). The monoisotopic (exact) mass is 400 g/mol. The largest absolute Gasteiger partial charge is 0.371 e. The molecular weight excluding hydrogens is 368 g/mol. The van der Waals surface area contributed by atoms with Crippen molar-refractivity contribution >= 4 is 24.0 Å². The van der Waals surface area contributed by atoms with Crippen LogP contribution in [0.25, 0.3) is 6.08 Å². The summed E-state index contributed by atoms with van der Waals surface area (Å²) in [6.07, 6.45) is 8.64. The van der Waals surface area contributed by atoms with Crippen molar-refractivity contribution in [3.8, 4) is 0 Å². The number of para-hydroxylation sites is 1. The van der Waals surface area contributed by atoms with Gasteiger partial charge >= 0.3 is 0 Å². The minimum absolute atomic E-state index is 0.173. The molecule has 2 aliphatic rings. The van der Waals surface area contributed by atoms with Gasteiger partial charge in [0.1, 0.15) is 6.29 Å². The number of carbonyl (C=O) groups excluding carboxylic acids is 2. The topological polar surface area (TPSA) is 84.9 Å². The highest BCUT2D eigenvalue weighted by Crippen LogP contribution is 2.26. The maximum atomic E-state index is 11.3. The molecule has 0 bridgehead atoms. The first kappa shape index (κ1) is 21.5. The Bertz CT molecular complexity index is 716. The van der Waals surface area contributed by atoms with Crippen LogP contribution < -0.4 is 15.7 Å². The number of carbonyl (C=O) groups is 2. The van der Waals surface area contributed by atoms with E-state index in [4.69, 9.17) is 5.21 Å². The van der Waals surface area contributed by atoms with E-state index in [-0.39, 0.29) is 12.1 Å². The van der Waals surface area contributed by atoms with E-state index in [1.807, 2.05) is 18.2 Å². The summed E-state index contributed by atoms with van der Waals surface area (Å²) >= 11 is 0. The lowest BCUT2D eigenvalue weighted by atomic mass is 9.98. The maximum Gasteiger partial charge on any atom is 0.267 e. The SMILES string of the molecule is CC(NC1CCN(c2ccccc2/C=C/C(=O)NO)CC1)N1CCC[C@H](C=O)C1. The average molecular weight is 401 g/mol. The molecule has 0 saturated carbocycles. The second kappa shape index (κ2) is 10.5. The molecule has 1 aromatic carbocycles. The molecule has 1 aromatic rings. The molecule has 1 amide bonds. The van der Waals surface area contributed by atoms with Gasteiger partial charge in [0.25, 0.3) is 5.91 Å². The van der Waals surface area contributed by atoms with Gasteiger partial charge in [0, 0.05) is 43.4 Å². The molecular formula is C22H32N4O3. The zero-order valence-electron chi connectivity index (χ0n) is 17.1. The van der Waals surface area contributed by atoms with Crippen LogP contribution in [0.4, 0.5) is 5.69 Å². The minimum Gasteiger partial charge on any atom is -0.371 e. The first-order valence-electron chi connectivity index (χ1n) is 10.5. The van der Waals surface area contributed by atoms with Crippen LogP contribution in [-0.4, -0.2) is 60.7 Å². The lowest BCUT2D eigenvalue weighted by molar-refractivity contribution is -0.124. The summed E-state index contributed by atoms with van der Waals surface area (Å²) < 4.78 is 0. The van der Waals surface area contributed by atoms with Gasteiger partial charge in [0.15, 0.2) is 0 Å². The van der Waals surface area contributed by atoms with E-state index < -0.39 is 5.91 Å². The molecule has 0 aromatic heterocycles. The van der Waals surface area contributed by atoms with Gasteiger partial charge in [-0.2, -0.15) is 0 Å². The number of nitrogens with one attached hydrogen (secondary N) is 2. The van der Waals surface area contributed by atoms with E-state index in [1.165, 1.54) is 6.08 Å². The fraction of sp³-hybridized carbons (Fsp3) is 0.545. The molecule has 2 saturated heterocycles. The minimum atomic E-state index is -0.536. The molecule has 2 heterocycles. The fourth-order valence-electron chi connectivity index (χ4n) is 4.36. The summed E-state index contributed by atoms with van der Waals surface area (Å²) in [5, 5.41) is 12.4. The number of hydroxylamine groups is 1. The summed E-state index contributed by atoms with van der Waals surface area (Å²) in [7, 11) is 0. The van der Waals surface area contributed by atoms with Crippen LogP contribution in [0.2, 0.25) is 0 Å². The molecule has 158 valence electrons. The smallest absolute Gasteiger partial charge is 0.267 e. The Kier molecular flexibility index (Phi) is 7.80. The Morgan fingerprint density at radius 3 is 2.69 bits per heavy atom. The van der Waals surface area contributed by atoms with Crippen molar-refractivity contribution in [3.63, 3.8) is 0 Å². The van der Waals surface area contributed by atoms with Crippen LogP contribution in [0.3, 0.4) is 0 Å². The average Bonchev–Trinajstić information content (AvgIpc) is 2.78. The summed E-state index contributed by atoms with van der Waals surface area (Å²) in [5.74, 6) is -0.362. The summed E-state index contributed by atoms with van der Waals surface area (Å²) in [6, 6.07) is 8.45. The van der Waals surface area contributed by atoms with Gasteiger partial charge in [-0.15, -0.1) is 0 Å². The normalized spacial score (nSPS) is 22.6. The highest BCUT2D eigenvalue weighted by Gasteiger charge is 2.26. The van der Waals surface area contributed by atoms with E-state index in [0.29, 0.717) is 6.04 Å². The van der Waals surface area contributed by atoms with Crippen LogP contribution >= 0.6 is 0 Å². The molecule has 7 nitrogen and oxygen atoms in total. The zero-order chi connectivity index (χ0) is 20.6. The number of aldehydes is 1. The molecule has 0 spiro atoms. The van der Waals surface area contributed by atoms with E-state index in [1.54, 1.807) is 11.6 Å². The quantitative estimate of drug-likeness (QED) is 0.281. The first-order valence-corrected chi connectivity index (χ1v) is 10.5. The van der Waals surface area contributed by atoms with Crippen molar-refractivity contribution < 1.29 is 14.8 Å². The van der Waals surface area contributed by atoms with Crippen molar-refractivity contribution in [3.05, 3.63) is 35.9 Å². The van der Waals surface area contributed by atoms with Gasteiger partial charge in [-0.1, -0.05) is 18.2 Å². The molecule has 2 atom stereocenters. The first-order chi connectivity index (χ1) is 14.1. The molecule has 2 fully saturated rings. The van der Waals surface area contributed by atoms with Gasteiger partial charge in [-0.25, -0.2) is 5.48 Å². The number of benzene rings is 1. The number of anilines is 1. The standard InChI is InChI=1S/C22H32N4O3/c1-17(26-12-4-5-18(15-26)16-27)23-20-10-13-25(14-11-20)21-7-3-2-6-19(21)8-9-22(28)24-29/h2-3,6-9,16-18,20,23,29H,4-5,10-15H2,1H3,(H,24,28)/b9-8+/t17?,18-/m0/s1. The number of piperidine rings is 2. The molecule has 3 N–H and O–H groups in total. The lowest BCUT2D eigenvalue weighted by Gasteiger charge is -2.40. The molecule has 1 unspecified atom stereocenters. The van der Waals surface area contributed by atoms with E-state index in [2.05, 4.69) is 28.1 Å².